The molecule has 0 rings (SSSR count). The van der Waals surface area contributed by atoms with Gasteiger partial charge in [0.25, 0.3) is 0 Å². The minimum absolute atomic E-state index is 0.0324. The Morgan fingerprint density at radius 3 is 1.60 bits per heavy atom. The Morgan fingerprint density at radius 2 is 1.40 bits per heavy atom. The predicted molar refractivity (Wildman–Crippen MR) is 35.3 cm³/mol. The Kier molecular flexibility index (Phi) is 4.22. The third-order valence-electron chi connectivity index (χ3n) is 1.20. The van der Waals surface area contributed by atoms with Crippen LogP contribution >= 0.6 is 0 Å². The maximum Gasteiger partial charge on any atom is 0.100 e. The molecule has 0 saturated carbocycles. The van der Waals surface area contributed by atoms with E-state index in [9.17, 15) is 0 Å². The van der Waals surface area contributed by atoms with Crippen LogP contribution in [0.15, 0.2) is 12.2 Å². The summed E-state index contributed by atoms with van der Waals surface area (Å²) in [7, 11) is 0. The van der Waals surface area contributed by atoms with Gasteiger partial charge in [0.1, 0.15) is 12.2 Å². The molecule has 0 amide bonds. The first-order chi connectivity index (χ1) is 4.63. The van der Waals surface area contributed by atoms with Crippen LogP contribution < -0.4 is 0 Å². The fourth-order valence-electron chi connectivity index (χ4n) is 0.457. The number of aliphatic hydroxyl groups excluding tert-OH is 4. The van der Waals surface area contributed by atoms with Crippen LogP contribution in [0.4, 0.5) is 0 Å². The van der Waals surface area contributed by atoms with E-state index in [4.69, 9.17) is 20.4 Å². The highest BCUT2D eigenvalue weighted by Crippen LogP contribution is 2.03. The molecule has 0 aliphatic carbocycles. The molecule has 4 heteroatoms. The van der Waals surface area contributed by atoms with E-state index < -0.39 is 25.4 Å². The van der Waals surface area contributed by atoms with E-state index in [0.29, 0.717) is 0 Å². The predicted octanol–water partition coefficient (Wildman–Crippen LogP) is -1.75. The highest BCUT2D eigenvalue weighted by atomic mass is 16.3. The van der Waals surface area contributed by atoms with Crippen molar-refractivity contribution < 1.29 is 20.4 Å². The van der Waals surface area contributed by atoms with E-state index >= 15 is 0 Å². The number of hydrogen-bond donors (Lipinski definition) is 4. The Hall–Kier alpha value is -0.420. The van der Waals surface area contributed by atoms with Crippen molar-refractivity contribution in [3.05, 3.63) is 12.2 Å². The van der Waals surface area contributed by atoms with E-state index in [1.165, 1.54) is 0 Å². The van der Waals surface area contributed by atoms with Crippen molar-refractivity contribution in [2.75, 3.05) is 13.2 Å². The van der Waals surface area contributed by atoms with Crippen LogP contribution in [0, 0.1) is 0 Å². The summed E-state index contributed by atoms with van der Waals surface area (Å²) in [4.78, 5) is 0. The second-order valence-corrected chi connectivity index (χ2v) is 1.97. The second-order valence-electron chi connectivity index (χ2n) is 1.97. The molecule has 2 unspecified atom stereocenters. The summed E-state index contributed by atoms with van der Waals surface area (Å²) in [5.41, 5.74) is 0.0324. The molecule has 60 valence electrons. The van der Waals surface area contributed by atoms with Gasteiger partial charge in [0.15, 0.2) is 0 Å². The molecule has 0 radical (unpaired) electrons. The smallest absolute Gasteiger partial charge is 0.100 e. The van der Waals surface area contributed by atoms with E-state index in [-0.39, 0.29) is 5.57 Å². The zero-order chi connectivity index (χ0) is 8.15. The van der Waals surface area contributed by atoms with Gasteiger partial charge in [-0.15, -0.1) is 0 Å². The first-order valence-electron chi connectivity index (χ1n) is 2.90. The van der Waals surface area contributed by atoms with Gasteiger partial charge >= 0.3 is 0 Å². The maximum absolute atomic E-state index is 8.81. The Balaban J connectivity index is 3.82. The van der Waals surface area contributed by atoms with E-state index in [2.05, 4.69) is 6.58 Å². The first-order valence-corrected chi connectivity index (χ1v) is 2.90. The maximum atomic E-state index is 8.81. The van der Waals surface area contributed by atoms with Crippen molar-refractivity contribution in [1.29, 1.82) is 0 Å². The van der Waals surface area contributed by atoms with Gasteiger partial charge in [-0.1, -0.05) is 6.58 Å². The SMILES string of the molecule is C=C(C(O)CO)C(O)CO. The first kappa shape index (κ1) is 9.58. The number of aliphatic hydroxyl groups is 4. The largest absolute Gasteiger partial charge is 0.393 e. The van der Waals surface area contributed by atoms with Gasteiger partial charge in [-0.2, -0.15) is 0 Å². The zero-order valence-corrected chi connectivity index (χ0v) is 5.56. The van der Waals surface area contributed by atoms with Crippen LogP contribution in [-0.2, 0) is 0 Å². The number of rotatable bonds is 4. The summed E-state index contributed by atoms with van der Waals surface area (Å²) in [6.45, 7) is 2.30. The quantitative estimate of drug-likeness (QED) is 0.356. The fraction of sp³-hybridized carbons (Fsp3) is 0.667. The lowest BCUT2D eigenvalue weighted by Crippen LogP contribution is -2.26. The van der Waals surface area contributed by atoms with Crippen LogP contribution in [0.3, 0.4) is 0 Å². The molecule has 4 nitrogen and oxygen atoms in total. The fourth-order valence-corrected chi connectivity index (χ4v) is 0.457. The van der Waals surface area contributed by atoms with Crippen LogP contribution in [0.2, 0.25) is 0 Å². The molecule has 0 aliphatic heterocycles. The summed E-state index contributed by atoms with van der Waals surface area (Å²) in [5, 5.41) is 34.3. The van der Waals surface area contributed by atoms with Crippen molar-refractivity contribution in [3.63, 3.8) is 0 Å². The number of hydrogen-bond acceptors (Lipinski definition) is 4. The van der Waals surface area contributed by atoms with Gasteiger partial charge in [-0.3, -0.25) is 0 Å². The standard InChI is InChI=1S/C6H12O4/c1-4(5(9)2-7)6(10)3-8/h5-10H,1-3H2. The van der Waals surface area contributed by atoms with E-state index in [0.717, 1.165) is 0 Å². The van der Waals surface area contributed by atoms with Crippen molar-refractivity contribution in [3.8, 4) is 0 Å². The summed E-state index contributed by atoms with van der Waals surface area (Å²) >= 11 is 0. The van der Waals surface area contributed by atoms with E-state index in [1.807, 2.05) is 0 Å². The van der Waals surface area contributed by atoms with Crippen molar-refractivity contribution in [2.45, 2.75) is 12.2 Å². The summed E-state index contributed by atoms with van der Waals surface area (Å²) in [5.74, 6) is 0. The zero-order valence-electron chi connectivity index (χ0n) is 5.56. The van der Waals surface area contributed by atoms with Crippen LogP contribution in [-0.4, -0.2) is 45.8 Å². The minimum Gasteiger partial charge on any atom is -0.393 e. The van der Waals surface area contributed by atoms with Crippen LogP contribution in [0.1, 0.15) is 0 Å². The molecule has 0 saturated heterocycles. The topological polar surface area (TPSA) is 80.9 Å². The minimum atomic E-state index is -1.15. The Labute approximate surface area is 59.1 Å². The van der Waals surface area contributed by atoms with Crippen LogP contribution in [0.5, 0.6) is 0 Å². The molecule has 0 aromatic rings. The molecule has 4 N–H and O–H groups in total. The molecular weight excluding hydrogens is 136 g/mol. The molecule has 10 heavy (non-hydrogen) atoms. The summed E-state index contributed by atoms with van der Waals surface area (Å²) in [6, 6.07) is 0. The monoisotopic (exact) mass is 148 g/mol. The normalized spacial score (nSPS) is 16.4. The van der Waals surface area contributed by atoms with Crippen LogP contribution in [0.25, 0.3) is 0 Å². The van der Waals surface area contributed by atoms with E-state index in [1.54, 1.807) is 0 Å². The lowest BCUT2D eigenvalue weighted by Gasteiger charge is -2.14. The van der Waals surface area contributed by atoms with Crippen molar-refractivity contribution in [1.82, 2.24) is 0 Å². The van der Waals surface area contributed by atoms with Gasteiger partial charge < -0.3 is 20.4 Å². The average Bonchev–Trinajstić information content (AvgIpc) is 2.00. The highest BCUT2D eigenvalue weighted by Gasteiger charge is 2.14. The van der Waals surface area contributed by atoms with Crippen molar-refractivity contribution in [2.24, 2.45) is 0 Å². The molecule has 0 aromatic carbocycles. The molecular formula is C6H12O4. The molecule has 0 bridgehead atoms. The summed E-state index contributed by atoms with van der Waals surface area (Å²) < 4.78 is 0. The van der Waals surface area contributed by atoms with Gasteiger partial charge in [0.05, 0.1) is 13.2 Å². The third kappa shape index (κ3) is 2.45. The highest BCUT2D eigenvalue weighted by molar-refractivity contribution is 5.07. The Morgan fingerprint density at radius 1 is 1.10 bits per heavy atom. The van der Waals surface area contributed by atoms with Gasteiger partial charge in [0, 0.05) is 0 Å². The molecule has 0 aromatic heterocycles. The molecule has 0 spiro atoms. The Bertz CT molecular complexity index is 100. The lowest BCUT2D eigenvalue weighted by atomic mass is 10.1. The van der Waals surface area contributed by atoms with Crippen molar-refractivity contribution >= 4 is 0 Å². The summed E-state index contributed by atoms with van der Waals surface area (Å²) in [6.07, 6.45) is -2.30. The molecule has 0 heterocycles. The molecule has 0 fully saturated rings. The molecule has 0 aliphatic rings. The third-order valence-corrected chi connectivity index (χ3v) is 1.20. The van der Waals surface area contributed by atoms with Gasteiger partial charge in [-0.05, 0) is 5.57 Å². The van der Waals surface area contributed by atoms with Gasteiger partial charge in [0.2, 0.25) is 0 Å². The van der Waals surface area contributed by atoms with Gasteiger partial charge in [-0.25, -0.2) is 0 Å². The second kappa shape index (κ2) is 4.40. The average molecular weight is 148 g/mol. The molecule has 2 atom stereocenters. The lowest BCUT2D eigenvalue weighted by molar-refractivity contribution is 0.0685.